The number of aromatic nitrogens is 1. The highest BCUT2D eigenvalue weighted by Gasteiger charge is 2.12. The van der Waals surface area contributed by atoms with E-state index in [0.717, 1.165) is 12.1 Å². The fraction of sp³-hybridized carbons (Fsp3) is 0.100. The molecule has 1 heterocycles. The molecule has 0 saturated heterocycles. The molecule has 3 rings (SSSR count). The van der Waals surface area contributed by atoms with E-state index in [1.807, 2.05) is 0 Å². The SMILES string of the molecule is COc1ccc(C(=O)Nc2ccc(Nc3c(F)cccc3F)nc2)cc1OC. The van der Waals surface area contributed by atoms with E-state index in [1.165, 1.54) is 32.5 Å². The third-order valence-electron chi connectivity index (χ3n) is 3.88. The van der Waals surface area contributed by atoms with Crippen molar-refractivity contribution < 1.29 is 23.0 Å². The number of benzene rings is 2. The van der Waals surface area contributed by atoms with Crippen molar-refractivity contribution in [3.8, 4) is 11.5 Å². The molecular weight excluding hydrogens is 368 g/mol. The summed E-state index contributed by atoms with van der Waals surface area (Å²) in [7, 11) is 2.99. The number of nitrogens with one attached hydrogen (secondary N) is 2. The molecule has 144 valence electrons. The van der Waals surface area contributed by atoms with Crippen LogP contribution in [0.15, 0.2) is 54.7 Å². The number of carbonyl (C=O) groups excluding carboxylic acids is 1. The van der Waals surface area contributed by atoms with E-state index < -0.39 is 11.6 Å². The second-order valence-electron chi connectivity index (χ2n) is 5.68. The van der Waals surface area contributed by atoms with Gasteiger partial charge in [0.25, 0.3) is 5.91 Å². The Labute approximate surface area is 160 Å². The quantitative estimate of drug-likeness (QED) is 0.659. The fourth-order valence-electron chi connectivity index (χ4n) is 2.47. The van der Waals surface area contributed by atoms with Crippen LogP contribution in [-0.2, 0) is 0 Å². The molecule has 2 aromatic carbocycles. The molecular formula is C20H17F2N3O3. The fourth-order valence-corrected chi connectivity index (χ4v) is 2.47. The van der Waals surface area contributed by atoms with Gasteiger partial charge in [0.05, 0.1) is 26.1 Å². The van der Waals surface area contributed by atoms with Gasteiger partial charge in [-0.3, -0.25) is 4.79 Å². The lowest BCUT2D eigenvalue weighted by atomic mass is 10.2. The lowest BCUT2D eigenvalue weighted by molar-refractivity contribution is 0.102. The first-order valence-corrected chi connectivity index (χ1v) is 8.22. The van der Waals surface area contributed by atoms with E-state index in [1.54, 1.807) is 24.3 Å². The molecule has 0 saturated carbocycles. The number of rotatable bonds is 6. The summed E-state index contributed by atoms with van der Waals surface area (Å²) in [5, 5.41) is 5.26. The average Bonchev–Trinajstić information content (AvgIpc) is 2.71. The number of ether oxygens (including phenoxy) is 2. The van der Waals surface area contributed by atoms with Crippen LogP contribution in [0.25, 0.3) is 0 Å². The van der Waals surface area contributed by atoms with Crippen molar-refractivity contribution in [2.75, 3.05) is 24.9 Å². The van der Waals surface area contributed by atoms with Gasteiger partial charge in [-0.05, 0) is 42.5 Å². The van der Waals surface area contributed by atoms with Crippen LogP contribution >= 0.6 is 0 Å². The highest BCUT2D eigenvalue weighted by atomic mass is 19.1. The van der Waals surface area contributed by atoms with Crippen molar-refractivity contribution in [1.29, 1.82) is 0 Å². The molecule has 0 fully saturated rings. The van der Waals surface area contributed by atoms with Crippen molar-refractivity contribution in [2.24, 2.45) is 0 Å². The lowest BCUT2D eigenvalue weighted by Crippen LogP contribution is -2.12. The van der Waals surface area contributed by atoms with Crippen LogP contribution in [0.1, 0.15) is 10.4 Å². The Morgan fingerprint density at radius 1 is 0.964 bits per heavy atom. The Kier molecular flexibility index (Phi) is 5.69. The maximum Gasteiger partial charge on any atom is 0.255 e. The lowest BCUT2D eigenvalue weighted by Gasteiger charge is -2.11. The number of hydrogen-bond donors (Lipinski definition) is 2. The first-order valence-electron chi connectivity index (χ1n) is 8.22. The number of hydrogen-bond acceptors (Lipinski definition) is 5. The zero-order valence-corrected chi connectivity index (χ0v) is 15.1. The molecule has 0 radical (unpaired) electrons. The first-order chi connectivity index (χ1) is 13.5. The molecule has 1 amide bonds. The Morgan fingerprint density at radius 2 is 1.68 bits per heavy atom. The van der Waals surface area contributed by atoms with E-state index in [2.05, 4.69) is 15.6 Å². The summed E-state index contributed by atoms with van der Waals surface area (Å²) in [5.41, 5.74) is 0.490. The monoisotopic (exact) mass is 385 g/mol. The highest BCUT2D eigenvalue weighted by molar-refractivity contribution is 6.04. The topological polar surface area (TPSA) is 72.5 Å². The highest BCUT2D eigenvalue weighted by Crippen LogP contribution is 2.28. The largest absolute Gasteiger partial charge is 0.493 e. The Balaban J connectivity index is 1.71. The normalized spacial score (nSPS) is 10.3. The van der Waals surface area contributed by atoms with Gasteiger partial charge in [-0.1, -0.05) is 6.07 Å². The van der Waals surface area contributed by atoms with Gasteiger partial charge in [0.1, 0.15) is 23.1 Å². The second-order valence-corrected chi connectivity index (χ2v) is 5.68. The summed E-state index contributed by atoms with van der Waals surface area (Å²) in [6.07, 6.45) is 1.37. The van der Waals surface area contributed by atoms with E-state index in [9.17, 15) is 13.6 Å². The van der Waals surface area contributed by atoms with Crippen LogP contribution in [0, 0.1) is 11.6 Å². The molecule has 8 heteroatoms. The molecule has 3 aromatic rings. The van der Waals surface area contributed by atoms with E-state index >= 15 is 0 Å². The smallest absolute Gasteiger partial charge is 0.255 e. The van der Waals surface area contributed by atoms with Crippen LogP contribution in [0.2, 0.25) is 0 Å². The van der Waals surface area contributed by atoms with Crippen LogP contribution in [0.5, 0.6) is 11.5 Å². The molecule has 0 aliphatic rings. The van der Waals surface area contributed by atoms with Gasteiger partial charge in [0.15, 0.2) is 11.5 Å². The number of para-hydroxylation sites is 1. The molecule has 2 N–H and O–H groups in total. The average molecular weight is 385 g/mol. The number of halogens is 2. The van der Waals surface area contributed by atoms with Crippen LogP contribution in [-0.4, -0.2) is 25.1 Å². The summed E-state index contributed by atoms with van der Waals surface area (Å²) in [6.45, 7) is 0. The van der Waals surface area contributed by atoms with Crippen molar-refractivity contribution in [1.82, 2.24) is 4.98 Å². The van der Waals surface area contributed by atoms with E-state index in [0.29, 0.717) is 22.7 Å². The van der Waals surface area contributed by atoms with Crippen molar-refractivity contribution >= 4 is 23.1 Å². The molecule has 1 aromatic heterocycles. The molecule has 0 aliphatic carbocycles. The van der Waals surface area contributed by atoms with Gasteiger partial charge in [-0.2, -0.15) is 0 Å². The Hall–Kier alpha value is -3.68. The molecule has 6 nitrogen and oxygen atoms in total. The number of nitrogens with zero attached hydrogens (tertiary/aromatic N) is 1. The number of pyridine rings is 1. The molecule has 28 heavy (non-hydrogen) atoms. The summed E-state index contributed by atoms with van der Waals surface area (Å²) in [5.74, 6) is -0.659. The van der Waals surface area contributed by atoms with Gasteiger partial charge in [0, 0.05) is 5.56 Å². The van der Waals surface area contributed by atoms with Crippen LogP contribution in [0.3, 0.4) is 0 Å². The summed E-state index contributed by atoms with van der Waals surface area (Å²) < 4.78 is 37.7. The predicted octanol–water partition coefficient (Wildman–Crippen LogP) is 4.37. The maximum absolute atomic E-state index is 13.7. The molecule has 0 spiro atoms. The second kappa shape index (κ2) is 8.34. The van der Waals surface area contributed by atoms with Gasteiger partial charge < -0.3 is 20.1 Å². The maximum atomic E-state index is 13.7. The van der Waals surface area contributed by atoms with Crippen molar-refractivity contribution in [3.63, 3.8) is 0 Å². The van der Waals surface area contributed by atoms with Gasteiger partial charge in [-0.25, -0.2) is 13.8 Å². The predicted molar refractivity (Wildman–Crippen MR) is 101 cm³/mol. The molecule has 0 aliphatic heterocycles. The van der Waals surface area contributed by atoms with Gasteiger partial charge >= 0.3 is 0 Å². The van der Waals surface area contributed by atoms with Crippen LogP contribution in [0.4, 0.5) is 26.0 Å². The molecule has 0 bridgehead atoms. The summed E-state index contributed by atoms with van der Waals surface area (Å²) in [6, 6.07) is 11.4. The number of anilines is 3. The van der Waals surface area contributed by atoms with E-state index in [4.69, 9.17) is 9.47 Å². The minimum absolute atomic E-state index is 0.230. The Bertz CT molecular complexity index is 974. The first kappa shape index (κ1) is 19.1. The third-order valence-corrected chi connectivity index (χ3v) is 3.88. The van der Waals surface area contributed by atoms with Gasteiger partial charge in [-0.15, -0.1) is 0 Å². The summed E-state index contributed by atoms with van der Waals surface area (Å²) >= 11 is 0. The standard InChI is InChI=1S/C20H17F2N3O3/c1-27-16-8-6-12(10-17(16)28-2)20(26)24-13-7-9-18(23-11-13)25-19-14(21)4-3-5-15(19)22/h3-11H,1-2H3,(H,23,25)(H,24,26). The number of carbonyl (C=O) groups is 1. The minimum atomic E-state index is -0.729. The summed E-state index contributed by atoms with van der Waals surface area (Å²) in [4.78, 5) is 16.5. The van der Waals surface area contributed by atoms with Crippen LogP contribution < -0.4 is 20.1 Å². The molecule has 0 unspecified atom stereocenters. The Morgan fingerprint density at radius 3 is 2.29 bits per heavy atom. The minimum Gasteiger partial charge on any atom is -0.493 e. The van der Waals surface area contributed by atoms with Crippen molar-refractivity contribution in [2.45, 2.75) is 0 Å². The molecule has 0 atom stereocenters. The zero-order chi connectivity index (χ0) is 20.1. The number of amides is 1. The van der Waals surface area contributed by atoms with Crippen molar-refractivity contribution in [3.05, 3.63) is 71.9 Å². The number of methoxy groups -OCH3 is 2. The third kappa shape index (κ3) is 4.17. The van der Waals surface area contributed by atoms with E-state index in [-0.39, 0.29) is 17.4 Å². The van der Waals surface area contributed by atoms with Gasteiger partial charge in [0.2, 0.25) is 0 Å². The zero-order valence-electron chi connectivity index (χ0n) is 15.1.